The lowest BCUT2D eigenvalue weighted by atomic mass is 10.3. The highest BCUT2D eigenvalue weighted by atomic mass is 16.5. The Labute approximate surface area is 116 Å². The van der Waals surface area contributed by atoms with Crippen LogP contribution < -0.4 is 10.1 Å². The van der Waals surface area contributed by atoms with Gasteiger partial charge in [-0.1, -0.05) is 0 Å². The van der Waals surface area contributed by atoms with Crippen LogP contribution in [0.15, 0.2) is 18.2 Å². The van der Waals surface area contributed by atoms with E-state index in [4.69, 9.17) is 14.6 Å². The number of rotatable bonds is 6. The number of hydrogen-bond acceptors (Lipinski definition) is 4. The molecule has 0 saturated heterocycles. The molecule has 1 heterocycles. The first-order chi connectivity index (χ1) is 9.65. The van der Waals surface area contributed by atoms with E-state index in [-0.39, 0.29) is 0 Å². The summed E-state index contributed by atoms with van der Waals surface area (Å²) in [5, 5.41) is 10.9. The minimum absolute atomic E-state index is 0.305. The molecule has 2 rings (SSSR count). The van der Waals surface area contributed by atoms with Gasteiger partial charge in [-0.3, -0.25) is 0 Å². The van der Waals surface area contributed by atoms with Crippen LogP contribution in [0.1, 0.15) is 5.82 Å². The van der Waals surface area contributed by atoms with Crippen LogP contribution in [0.4, 0.5) is 4.79 Å². The Morgan fingerprint density at radius 1 is 1.45 bits per heavy atom. The van der Waals surface area contributed by atoms with Crippen LogP contribution in [-0.2, 0) is 17.9 Å². The second-order valence-electron chi connectivity index (χ2n) is 4.21. The molecule has 1 aromatic carbocycles. The summed E-state index contributed by atoms with van der Waals surface area (Å²) in [4.78, 5) is 15.0. The van der Waals surface area contributed by atoms with Crippen molar-refractivity contribution < 1.29 is 19.4 Å². The number of imidazole rings is 1. The van der Waals surface area contributed by atoms with Crippen molar-refractivity contribution in [1.82, 2.24) is 14.9 Å². The maximum atomic E-state index is 10.5. The quantitative estimate of drug-likeness (QED) is 0.836. The topological polar surface area (TPSA) is 85.6 Å². The van der Waals surface area contributed by atoms with Crippen LogP contribution in [0.3, 0.4) is 0 Å². The van der Waals surface area contributed by atoms with Crippen molar-refractivity contribution >= 4 is 17.1 Å². The average Bonchev–Trinajstić information content (AvgIpc) is 2.76. The van der Waals surface area contributed by atoms with E-state index >= 15 is 0 Å². The standard InChI is InChI=1S/C13H17N3O4/c1-19-8-16-11-4-3-9(20-2)7-10(11)15-12(16)5-6-14-13(17)18/h3-4,7,14H,5-6,8H2,1-2H3,(H,17,18). The highest BCUT2D eigenvalue weighted by Gasteiger charge is 2.11. The van der Waals surface area contributed by atoms with E-state index in [0.29, 0.717) is 19.7 Å². The van der Waals surface area contributed by atoms with Gasteiger partial charge in [-0.2, -0.15) is 0 Å². The molecule has 0 unspecified atom stereocenters. The highest BCUT2D eigenvalue weighted by Crippen LogP contribution is 2.22. The molecule has 20 heavy (non-hydrogen) atoms. The monoisotopic (exact) mass is 279 g/mol. The van der Waals surface area contributed by atoms with E-state index < -0.39 is 6.09 Å². The first-order valence-corrected chi connectivity index (χ1v) is 6.14. The molecule has 0 aliphatic carbocycles. The predicted molar refractivity (Wildman–Crippen MR) is 73.0 cm³/mol. The largest absolute Gasteiger partial charge is 0.497 e. The average molecular weight is 279 g/mol. The number of methoxy groups -OCH3 is 2. The molecule has 7 heteroatoms. The molecule has 1 amide bonds. The fraction of sp³-hybridized carbons (Fsp3) is 0.385. The molecule has 0 fully saturated rings. The number of fused-ring (bicyclic) bond motifs is 1. The number of carboxylic acid groups (broad SMARTS) is 1. The van der Waals surface area contributed by atoms with Gasteiger partial charge in [0.15, 0.2) is 0 Å². The predicted octanol–water partition coefficient (Wildman–Crippen LogP) is 1.46. The molecule has 0 radical (unpaired) electrons. The Kier molecular flexibility index (Phi) is 4.41. The first kappa shape index (κ1) is 14.1. The van der Waals surface area contributed by atoms with Gasteiger partial charge in [-0.25, -0.2) is 9.78 Å². The van der Waals surface area contributed by atoms with Crippen molar-refractivity contribution in [3.8, 4) is 5.75 Å². The van der Waals surface area contributed by atoms with Gasteiger partial charge < -0.3 is 24.5 Å². The van der Waals surface area contributed by atoms with Gasteiger partial charge >= 0.3 is 6.09 Å². The molecule has 2 N–H and O–H groups in total. The lowest BCUT2D eigenvalue weighted by Gasteiger charge is -2.08. The van der Waals surface area contributed by atoms with Crippen LogP contribution in [0.25, 0.3) is 11.0 Å². The molecule has 0 spiro atoms. The van der Waals surface area contributed by atoms with E-state index in [2.05, 4.69) is 10.3 Å². The number of nitrogens with zero attached hydrogens (tertiary/aromatic N) is 2. The van der Waals surface area contributed by atoms with E-state index in [9.17, 15) is 4.79 Å². The number of hydrogen-bond donors (Lipinski definition) is 2. The summed E-state index contributed by atoms with van der Waals surface area (Å²) < 4.78 is 12.3. The minimum atomic E-state index is -1.04. The summed E-state index contributed by atoms with van der Waals surface area (Å²) in [6, 6.07) is 5.61. The molecule has 0 saturated carbocycles. The number of benzene rings is 1. The molecule has 1 aromatic heterocycles. The summed E-state index contributed by atoms with van der Waals surface area (Å²) in [7, 11) is 3.21. The summed E-state index contributed by atoms with van der Waals surface area (Å²) in [6.45, 7) is 0.671. The van der Waals surface area contributed by atoms with Gasteiger partial charge in [0.2, 0.25) is 0 Å². The fourth-order valence-corrected chi connectivity index (χ4v) is 2.03. The van der Waals surface area contributed by atoms with Crippen molar-refractivity contribution in [1.29, 1.82) is 0 Å². The molecule has 0 aliphatic heterocycles. The van der Waals surface area contributed by atoms with Crippen molar-refractivity contribution in [3.05, 3.63) is 24.0 Å². The van der Waals surface area contributed by atoms with Gasteiger partial charge in [0.05, 0.1) is 18.1 Å². The van der Waals surface area contributed by atoms with Gasteiger partial charge in [-0.05, 0) is 12.1 Å². The second kappa shape index (κ2) is 6.25. The van der Waals surface area contributed by atoms with Crippen molar-refractivity contribution in [2.45, 2.75) is 13.2 Å². The van der Waals surface area contributed by atoms with Crippen molar-refractivity contribution in [3.63, 3.8) is 0 Å². The molecule has 0 atom stereocenters. The molecular weight excluding hydrogens is 262 g/mol. The van der Waals surface area contributed by atoms with Gasteiger partial charge in [0, 0.05) is 26.1 Å². The van der Waals surface area contributed by atoms with Crippen LogP contribution in [0.2, 0.25) is 0 Å². The van der Waals surface area contributed by atoms with Crippen molar-refractivity contribution in [2.24, 2.45) is 0 Å². The fourth-order valence-electron chi connectivity index (χ4n) is 2.03. The van der Waals surface area contributed by atoms with E-state index in [0.717, 1.165) is 22.6 Å². The zero-order valence-corrected chi connectivity index (χ0v) is 11.4. The van der Waals surface area contributed by atoms with Gasteiger partial charge in [0.25, 0.3) is 0 Å². The second-order valence-corrected chi connectivity index (χ2v) is 4.21. The number of carbonyl (C=O) groups is 1. The van der Waals surface area contributed by atoms with Crippen molar-refractivity contribution in [2.75, 3.05) is 20.8 Å². The smallest absolute Gasteiger partial charge is 0.404 e. The van der Waals surface area contributed by atoms with Gasteiger partial charge in [-0.15, -0.1) is 0 Å². The summed E-state index contributed by atoms with van der Waals surface area (Å²) >= 11 is 0. The molecule has 108 valence electrons. The molecule has 7 nitrogen and oxygen atoms in total. The van der Waals surface area contributed by atoms with Crippen LogP contribution in [-0.4, -0.2) is 41.5 Å². The summed E-state index contributed by atoms with van der Waals surface area (Å²) in [5.41, 5.74) is 1.73. The van der Waals surface area contributed by atoms with E-state index in [1.165, 1.54) is 0 Å². The normalized spacial score (nSPS) is 10.7. The Hall–Kier alpha value is -2.28. The van der Waals surface area contributed by atoms with Crippen LogP contribution in [0, 0.1) is 0 Å². The number of nitrogens with one attached hydrogen (secondary N) is 1. The van der Waals surface area contributed by atoms with E-state index in [1.807, 2.05) is 22.8 Å². The summed E-state index contributed by atoms with van der Waals surface area (Å²) in [6.07, 6.45) is -0.548. The Balaban J connectivity index is 2.31. The Morgan fingerprint density at radius 3 is 2.90 bits per heavy atom. The molecule has 0 bridgehead atoms. The minimum Gasteiger partial charge on any atom is -0.497 e. The number of amides is 1. The zero-order valence-electron chi connectivity index (χ0n) is 11.4. The first-order valence-electron chi connectivity index (χ1n) is 6.14. The Bertz CT molecular complexity index is 609. The molecule has 2 aromatic rings. The van der Waals surface area contributed by atoms with Crippen LogP contribution >= 0.6 is 0 Å². The SMILES string of the molecule is COCn1c(CCNC(=O)O)nc2cc(OC)ccc21. The van der Waals surface area contributed by atoms with Gasteiger partial charge in [0.1, 0.15) is 18.3 Å². The molecular formula is C13H17N3O4. The third-order valence-electron chi connectivity index (χ3n) is 2.92. The Morgan fingerprint density at radius 2 is 2.25 bits per heavy atom. The maximum absolute atomic E-state index is 10.5. The zero-order chi connectivity index (χ0) is 14.5. The lowest BCUT2D eigenvalue weighted by Crippen LogP contribution is -2.24. The lowest BCUT2D eigenvalue weighted by molar-refractivity contribution is 0.132. The number of ether oxygens (including phenoxy) is 2. The highest BCUT2D eigenvalue weighted by molar-refractivity contribution is 5.77. The van der Waals surface area contributed by atoms with E-state index in [1.54, 1.807) is 14.2 Å². The maximum Gasteiger partial charge on any atom is 0.404 e. The number of aromatic nitrogens is 2. The summed E-state index contributed by atoms with van der Waals surface area (Å²) in [5.74, 6) is 1.50. The third kappa shape index (κ3) is 3.00. The molecule has 0 aliphatic rings. The van der Waals surface area contributed by atoms with Crippen LogP contribution in [0.5, 0.6) is 5.75 Å². The third-order valence-corrected chi connectivity index (χ3v) is 2.92.